The van der Waals surface area contributed by atoms with Gasteiger partial charge in [0.2, 0.25) is 0 Å². The van der Waals surface area contributed by atoms with Gasteiger partial charge in [-0.2, -0.15) is 10.2 Å². The Morgan fingerprint density at radius 3 is 1.55 bits per heavy atom. The molecule has 9 aromatic rings. The van der Waals surface area contributed by atoms with Crippen LogP contribution < -0.4 is 28.4 Å². The van der Waals surface area contributed by atoms with E-state index in [1.807, 2.05) is 156 Å². The molecule has 94 heavy (non-hydrogen) atoms. The molecule has 6 aliphatic heterocycles. The number of aromatic nitrogens is 5. The lowest BCUT2D eigenvalue weighted by Gasteiger charge is -2.45. The minimum atomic E-state index is -4.86. The number of ether oxygens (including phenoxy) is 6. The van der Waals surface area contributed by atoms with Crippen molar-refractivity contribution in [2.45, 2.75) is 88.1 Å². The highest BCUT2D eigenvalue weighted by Gasteiger charge is 2.49. The zero-order valence-electron chi connectivity index (χ0n) is 53.4. The molecule has 3 aromatic heterocycles. The van der Waals surface area contributed by atoms with Crippen LogP contribution in [0.5, 0.6) is 34.5 Å². The summed E-state index contributed by atoms with van der Waals surface area (Å²) in [4.78, 5) is 44.9. The van der Waals surface area contributed by atoms with Gasteiger partial charge in [0.15, 0.2) is 5.60 Å². The number of piperidine rings is 3. The van der Waals surface area contributed by atoms with Crippen molar-refractivity contribution in [3.8, 4) is 62.7 Å². The van der Waals surface area contributed by atoms with Crippen molar-refractivity contribution in [2.75, 3.05) is 53.5 Å². The second-order valence-corrected chi connectivity index (χ2v) is 25.1. The molecule has 18 nitrogen and oxygen atoms in total. The van der Waals surface area contributed by atoms with Crippen molar-refractivity contribution in [2.24, 2.45) is 14.1 Å². The fourth-order valence-electron chi connectivity index (χ4n) is 14.4. The van der Waals surface area contributed by atoms with Crippen molar-refractivity contribution in [1.29, 1.82) is 0 Å². The number of hydrogen-bond donors (Lipinski definition) is 1. The molecule has 3 amide bonds. The highest BCUT2D eigenvalue weighted by atomic mass is 19.4. The van der Waals surface area contributed by atoms with Gasteiger partial charge in [0.1, 0.15) is 51.3 Å². The second kappa shape index (κ2) is 24.5. The van der Waals surface area contributed by atoms with Crippen LogP contribution in [0.3, 0.4) is 0 Å². The lowest BCUT2D eigenvalue weighted by Crippen LogP contribution is -2.50. The number of benzene rings is 6. The summed E-state index contributed by atoms with van der Waals surface area (Å²) < 4.78 is 78.7. The van der Waals surface area contributed by atoms with E-state index in [9.17, 15) is 32.7 Å². The lowest BCUT2D eigenvalue weighted by molar-refractivity contribution is -0.274. The third-order valence-electron chi connectivity index (χ3n) is 19.1. The molecular formula is C73H75F3N8O10. The van der Waals surface area contributed by atoms with E-state index in [4.69, 9.17) is 23.7 Å². The summed E-state index contributed by atoms with van der Waals surface area (Å²) >= 11 is 0. The number of carbonyl (C=O) groups excluding carboxylic acids is 3. The molecule has 0 unspecified atom stereocenters. The number of likely N-dealkylation sites (tertiary alicyclic amines) is 3. The largest absolute Gasteiger partial charge is 0.573 e. The first-order valence-electron chi connectivity index (χ1n) is 31.5. The maximum absolute atomic E-state index is 13.4. The van der Waals surface area contributed by atoms with Crippen molar-refractivity contribution in [3.05, 3.63) is 209 Å². The number of aliphatic hydroxyl groups is 1. The van der Waals surface area contributed by atoms with Gasteiger partial charge in [0.05, 0.1) is 60.5 Å². The van der Waals surface area contributed by atoms with Crippen LogP contribution in [0.4, 0.5) is 13.2 Å². The van der Waals surface area contributed by atoms with Crippen molar-refractivity contribution < 1.29 is 62.5 Å². The average Bonchev–Trinajstić information content (AvgIpc) is 1.71. The summed E-state index contributed by atoms with van der Waals surface area (Å²) in [5.74, 6) is 2.50. The van der Waals surface area contributed by atoms with Gasteiger partial charge in [-0.15, -0.1) is 13.2 Å². The minimum Gasteiger partial charge on any atom is -0.496 e. The fraction of sp³-hybridized carbons (Fsp3) is 0.329. The predicted molar refractivity (Wildman–Crippen MR) is 347 cm³/mol. The lowest BCUT2D eigenvalue weighted by atomic mass is 9.81. The second-order valence-electron chi connectivity index (χ2n) is 25.1. The van der Waals surface area contributed by atoms with E-state index < -0.39 is 40.4 Å². The van der Waals surface area contributed by atoms with Crippen molar-refractivity contribution in [3.63, 3.8) is 0 Å². The number of rotatable bonds is 7. The van der Waals surface area contributed by atoms with Gasteiger partial charge < -0.3 is 52.8 Å². The topological polar surface area (TPSA) is 177 Å². The van der Waals surface area contributed by atoms with Gasteiger partial charge in [-0.25, -0.2) is 0 Å². The van der Waals surface area contributed by atoms with Crippen LogP contribution in [-0.4, -0.2) is 122 Å². The number of fused-ring (bicyclic) bond motifs is 12. The molecule has 21 heteroatoms. The Labute approximate surface area is 544 Å². The molecule has 15 rings (SSSR count). The molecule has 0 aliphatic carbocycles. The molecule has 3 fully saturated rings. The van der Waals surface area contributed by atoms with Crippen LogP contribution in [0.1, 0.15) is 113 Å². The Morgan fingerprint density at radius 2 is 1.02 bits per heavy atom. The van der Waals surface area contributed by atoms with Gasteiger partial charge >= 0.3 is 6.36 Å². The standard InChI is InChI=1S/C26H29N3O3.C24H25N3O4.C23H19F3N2O3.H2/c1-17-15-18(9-10-20(17)25(2,3)31)24(30)29-13-11-26(12-14-29)21-16-27-28(4)23(21)19-7-5-6-8-22(19)32-26;1-26-22-16-7-4-5-8-18(16)31-24(17(22)15-25-26)11-13-27(14-12-24)23(28)21-19(29-2)9-6-10-20(21)30-3;24-23(25,26)31-18-8-3-1-6-16(18)21(29)27-14-11-22(12-15-27)20-10-5-13-28(20)17-7-2-4-9-19(17)30-22;/h5-10,15-16,31H,11-14H2,1-4H3;4-10,15H,11-14H2,1-3H3;1-10,13H,11-12,14-15H2;1H. The number of halogens is 3. The smallest absolute Gasteiger partial charge is 0.496 e. The van der Waals surface area contributed by atoms with E-state index in [1.165, 1.54) is 18.2 Å². The predicted octanol–water partition coefficient (Wildman–Crippen LogP) is 12.9. The van der Waals surface area contributed by atoms with Crippen LogP contribution in [0.25, 0.3) is 28.2 Å². The Kier molecular flexibility index (Phi) is 16.3. The zero-order valence-corrected chi connectivity index (χ0v) is 53.4. The number of nitrogens with zero attached hydrogens (tertiary/aromatic N) is 8. The summed E-state index contributed by atoms with van der Waals surface area (Å²) in [6, 6.07) is 44.3. The first-order chi connectivity index (χ1) is 45.1. The van der Waals surface area contributed by atoms with Gasteiger partial charge in [-0.1, -0.05) is 60.7 Å². The first kappa shape index (κ1) is 62.8. The van der Waals surface area contributed by atoms with Gasteiger partial charge in [-0.3, -0.25) is 23.7 Å². The van der Waals surface area contributed by atoms with Crippen LogP contribution >= 0.6 is 0 Å². The summed E-state index contributed by atoms with van der Waals surface area (Å²) in [5.41, 5.74) is 8.79. The van der Waals surface area contributed by atoms with E-state index in [1.54, 1.807) is 45.1 Å². The Hall–Kier alpha value is -10.0. The maximum atomic E-state index is 13.4. The average molecular weight is 1280 g/mol. The van der Waals surface area contributed by atoms with Crippen LogP contribution in [0.15, 0.2) is 164 Å². The Balaban J connectivity index is 0.000000136. The summed E-state index contributed by atoms with van der Waals surface area (Å²) in [6.07, 6.45) is 4.80. The molecule has 9 heterocycles. The third kappa shape index (κ3) is 11.4. The van der Waals surface area contributed by atoms with E-state index in [0.29, 0.717) is 100 Å². The number of amides is 3. The van der Waals surface area contributed by atoms with Crippen LogP contribution in [-0.2, 0) is 36.5 Å². The molecule has 3 saturated heterocycles. The molecule has 0 bridgehead atoms. The molecule has 488 valence electrons. The minimum absolute atomic E-state index is 0. The molecule has 0 radical (unpaired) electrons. The Bertz CT molecular complexity index is 4340. The highest BCUT2D eigenvalue weighted by molar-refractivity contribution is 6.00. The quantitative estimate of drug-likeness (QED) is 0.160. The molecule has 0 atom stereocenters. The third-order valence-corrected chi connectivity index (χ3v) is 19.1. The number of alkyl halides is 3. The highest BCUT2D eigenvalue weighted by Crippen LogP contribution is 2.52. The monoisotopic (exact) mass is 1280 g/mol. The number of methoxy groups -OCH3 is 2. The van der Waals surface area contributed by atoms with E-state index >= 15 is 0 Å². The van der Waals surface area contributed by atoms with E-state index in [-0.39, 0.29) is 18.8 Å². The Morgan fingerprint density at radius 1 is 0.553 bits per heavy atom. The molecule has 0 saturated carbocycles. The van der Waals surface area contributed by atoms with Gasteiger partial charge in [0.25, 0.3) is 17.7 Å². The van der Waals surface area contributed by atoms with Crippen molar-refractivity contribution >= 4 is 17.7 Å². The number of hydrogen-bond acceptors (Lipinski definition) is 12. The van der Waals surface area contributed by atoms with Gasteiger partial charge in [-0.05, 0) is 117 Å². The fourth-order valence-corrected chi connectivity index (χ4v) is 14.4. The van der Waals surface area contributed by atoms with E-state index in [0.717, 1.165) is 79.5 Å². The summed E-state index contributed by atoms with van der Waals surface area (Å²) in [5, 5.41) is 19.4. The number of carbonyl (C=O) groups is 3. The summed E-state index contributed by atoms with van der Waals surface area (Å²) in [7, 11) is 7.05. The number of para-hydroxylation sites is 5. The zero-order chi connectivity index (χ0) is 65.9. The van der Waals surface area contributed by atoms with Crippen LogP contribution in [0.2, 0.25) is 0 Å². The van der Waals surface area contributed by atoms with Gasteiger partial charge in [0, 0.05) is 127 Å². The summed E-state index contributed by atoms with van der Waals surface area (Å²) in [6.45, 7) is 8.52. The molecule has 6 aromatic carbocycles. The van der Waals surface area contributed by atoms with Crippen LogP contribution in [0, 0.1) is 6.92 Å². The van der Waals surface area contributed by atoms with Crippen molar-refractivity contribution in [1.82, 2.24) is 38.8 Å². The molecular weight excluding hydrogens is 1210 g/mol. The maximum Gasteiger partial charge on any atom is 0.573 e. The normalized spacial score (nSPS) is 16.7. The number of aryl methyl sites for hydroxylation is 3. The molecule has 1 N–H and O–H groups in total. The molecule has 6 aliphatic rings. The first-order valence-corrected chi connectivity index (χ1v) is 31.5. The van der Waals surface area contributed by atoms with E-state index in [2.05, 4.69) is 31.6 Å². The molecule has 3 spiro atoms. The SMILES string of the molecule is COc1cccc(OC)c1C(=O)N1CCC2(CC1)Oc1ccccc1-c1c2cnn1C.Cc1cc(C(=O)N2CCC3(CC2)Oc2ccccc2-c2c3cnn2C)ccc1C(C)(C)O.O=C(c1ccccc1OC(F)(F)F)N1CCC2(CC1)Oc1ccccc1-n1cccc12.[HH].